The summed E-state index contributed by atoms with van der Waals surface area (Å²) < 4.78 is 0. The number of benzene rings is 2. The molecule has 5 rings (SSSR count). The molecule has 0 amide bonds. The average Bonchev–Trinajstić information content (AvgIpc) is 3.13. The van der Waals surface area contributed by atoms with Crippen LogP contribution >= 0.6 is 0 Å². The first-order valence-electron chi connectivity index (χ1n) is 13.4. The van der Waals surface area contributed by atoms with Gasteiger partial charge < -0.3 is 0 Å². The van der Waals surface area contributed by atoms with E-state index in [0.717, 1.165) is 73.6 Å². The quantitative estimate of drug-likeness (QED) is 0.325. The minimum atomic E-state index is -0.362. The highest BCUT2D eigenvalue weighted by molar-refractivity contribution is 6.55. The molecular formula is C32H36O3. The van der Waals surface area contributed by atoms with Crippen LogP contribution in [0.3, 0.4) is 0 Å². The van der Waals surface area contributed by atoms with Crippen molar-refractivity contribution in [1.29, 1.82) is 0 Å². The third-order valence-electron chi connectivity index (χ3n) is 8.67. The molecule has 3 aliphatic carbocycles. The van der Waals surface area contributed by atoms with Gasteiger partial charge in [0.25, 0.3) is 0 Å². The van der Waals surface area contributed by atoms with Gasteiger partial charge in [0.2, 0.25) is 11.6 Å². The first-order valence-corrected chi connectivity index (χ1v) is 13.4. The standard InChI is InChI=1S/C32H36O3/c1-19-7-9-22(10-8-19)17-23-11-13-25(14-12-23)30(33)27-18-28-26(15-21(27)3)20(2)16-29(28)32(35)31(34)24-5-4-6-24/h7-10,15-16,18,20,23-25H,4-6,11-14,17H2,1-3H3. The molecule has 2 saturated carbocycles. The highest BCUT2D eigenvalue weighted by atomic mass is 16.2. The Labute approximate surface area is 209 Å². The molecule has 2 fully saturated rings. The Morgan fingerprint density at radius 1 is 0.857 bits per heavy atom. The molecule has 3 aliphatic rings. The molecule has 2 aromatic carbocycles. The van der Waals surface area contributed by atoms with Crippen LogP contribution in [0.15, 0.2) is 42.5 Å². The Morgan fingerprint density at radius 3 is 2.17 bits per heavy atom. The Bertz CT molecular complexity index is 1190. The van der Waals surface area contributed by atoms with E-state index >= 15 is 0 Å². The van der Waals surface area contributed by atoms with Gasteiger partial charge in [0.05, 0.1) is 0 Å². The molecule has 0 radical (unpaired) electrons. The zero-order valence-electron chi connectivity index (χ0n) is 21.2. The van der Waals surface area contributed by atoms with Crippen molar-refractivity contribution in [2.24, 2.45) is 17.8 Å². The second kappa shape index (κ2) is 9.68. The van der Waals surface area contributed by atoms with Gasteiger partial charge in [-0.3, -0.25) is 14.4 Å². The molecule has 0 aliphatic heterocycles. The van der Waals surface area contributed by atoms with Crippen LogP contribution in [0.1, 0.15) is 96.0 Å². The van der Waals surface area contributed by atoms with Crippen LogP contribution in [0.2, 0.25) is 0 Å². The SMILES string of the molecule is Cc1ccc(CC2CCC(C(=O)c3cc4c(cc3C)C(C)C=C4C(=O)C(=O)C3CCC3)CC2)cc1. The second-order valence-corrected chi connectivity index (χ2v) is 11.2. The number of aryl methyl sites for hydroxylation is 2. The van der Waals surface area contributed by atoms with E-state index in [1.54, 1.807) is 0 Å². The Morgan fingerprint density at radius 2 is 1.54 bits per heavy atom. The Balaban J connectivity index is 1.29. The average molecular weight is 469 g/mol. The molecular weight excluding hydrogens is 432 g/mol. The lowest BCUT2D eigenvalue weighted by Gasteiger charge is -2.28. The predicted molar refractivity (Wildman–Crippen MR) is 140 cm³/mol. The molecule has 1 atom stereocenters. The number of hydrogen-bond acceptors (Lipinski definition) is 3. The van der Waals surface area contributed by atoms with Gasteiger partial charge in [-0.25, -0.2) is 0 Å². The molecule has 182 valence electrons. The van der Waals surface area contributed by atoms with E-state index in [0.29, 0.717) is 11.5 Å². The zero-order chi connectivity index (χ0) is 24.7. The summed E-state index contributed by atoms with van der Waals surface area (Å²) >= 11 is 0. The Hall–Kier alpha value is -2.81. The number of hydrogen-bond donors (Lipinski definition) is 0. The van der Waals surface area contributed by atoms with Crippen LogP contribution in [0.4, 0.5) is 0 Å². The van der Waals surface area contributed by atoms with E-state index in [-0.39, 0.29) is 35.1 Å². The number of carbonyl (C=O) groups is 3. The van der Waals surface area contributed by atoms with E-state index in [1.807, 2.05) is 19.1 Å². The molecule has 0 saturated heterocycles. The molecule has 0 heterocycles. The van der Waals surface area contributed by atoms with Crippen LogP contribution in [-0.4, -0.2) is 17.3 Å². The largest absolute Gasteiger partial charge is 0.294 e. The van der Waals surface area contributed by atoms with E-state index < -0.39 is 0 Å². The third-order valence-corrected chi connectivity index (χ3v) is 8.67. The van der Waals surface area contributed by atoms with Gasteiger partial charge in [0.1, 0.15) is 0 Å². The summed E-state index contributed by atoms with van der Waals surface area (Å²) in [5.41, 5.74) is 6.76. The number of carbonyl (C=O) groups excluding carboxylic acids is 3. The fraction of sp³-hybridized carbons (Fsp3) is 0.469. The van der Waals surface area contributed by atoms with Gasteiger partial charge in [-0.05, 0) is 93.0 Å². The van der Waals surface area contributed by atoms with Crippen molar-refractivity contribution in [1.82, 2.24) is 0 Å². The molecule has 3 heteroatoms. The summed E-state index contributed by atoms with van der Waals surface area (Å²) in [7, 11) is 0. The number of fused-ring (bicyclic) bond motifs is 1. The predicted octanol–water partition coefficient (Wildman–Crippen LogP) is 6.97. The van der Waals surface area contributed by atoms with Gasteiger partial charge >= 0.3 is 0 Å². The maximum absolute atomic E-state index is 13.6. The molecule has 0 spiro atoms. The third kappa shape index (κ3) is 4.70. The van der Waals surface area contributed by atoms with Crippen molar-refractivity contribution in [3.8, 4) is 0 Å². The fourth-order valence-electron chi connectivity index (χ4n) is 6.13. The van der Waals surface area contributed by atoms with Crippen LogP contribution in [0, 0.1) is 31.6 Å². The normalized spacial score (nSPS) is 23.9. The van der Waals surface area contributed by atoms with Gasteiger partial charge in [0.15, 0.2) is 5.78 Å². The molecule has 2 aromatic rings. The molecule has 3 nitrogen and oxygen atoms in total. The number of Topliss-reactive ketones (excluding diaryl/α,β-unsaturated/α-hetero) is 3. The summed E-state index contributed by atoms with van der Waals surface area (Å²) in [5, 5.41) is 0. The number of rotatable bonds is 7. The van der Waals surface area contributed by atoms with Crippen molar-refractivity contribution in [2.75, 3.05) is 0 Å². The van der Waals surface area contributed by atoms with Crippen LogP contribution < -0.4 is 0 Å². The number of allylic oxidation sites excluding steroid dienone is 2. The fourth-order valence-corrected chi connectivity index (χ4v) is 6.13. The minimum Gasteiger partial charge on any atom is -0.294 e. The van der Waals surface area contributed by atoms with E-state index in [9.17, 15) is 14.4 Å². The lowest BCUT2D eigenvalue weighted by molar-refractivity contribution is -0.137. The summed E-state index contributed by atoms with van der Waals surface area (Å²) in [6.07, 6.45) is 9.68. The smallest absolute Gasteiger partial charge is 0.229 e. The van der Waals surface area contributed by atoms with Crippen molar-refractivity contribution >= 4 is 22.9 Å². The van der Waals surface area contributed by atoms with Crippen LogP contribution in [0.25, 0.3) is 5.57 Å². The van der Waals surface area contributed by atoms with Gasteiger partial charge in [-0.15, -0.1) is 0 Å². The second-order valence-electron chi connectivity index (χ2n) is 11.2. The molecule has 0 bridgehead atoms. The molecule has 0 N–H and O–H groups in total. The van der Waals surface area contributed by atoms with E-state index in [4.69, 9.17) is 0 Å². The van der Waals surface area contributed by atoms with Crippen molar-refractivity contribution in [2.45, 2.75) is 78.1 Å². The molecule has 0 aromatic heterocycles. The summed E-state index contributed by atoms with van der Waals surface area (Å²) in [5.74, 6) is 0.244. The van der Waals surface area contributed by atoms with E-state index in [2.05, 4.69) is 44.2 Å². The van der Waals surface area contributed by atoms with Crippen molar-refractivity contribution in [3.05, 3.63) is 75.9 Å². The summed E-state index contributed by atoms with van der Waals surface area (Å²) in [6, 6.07) is 12.8. The van der Waals surface area contributed by atoms with Crippen molar-refractivity contribution < 1.29 is 14.4 Å². The maximum atomic E-state index is 13.6. The highest BCUT2D eigenvalue weighted by Crippen LogP contribution is 2.41. The summed E-state index contributed by atoms with van der Waals surface area (Å²) in [4.78, 5) is 39.3. The minimum absolute atomic E-state index is 0.0413. The lowest BCUT2D eigenvalue weighted by atomic mass is 9.75. The molecule has 35 heavy (non-hydrogen) atoms. The molecule has 1 unspecified atom stereocenters. The monoisotopic (exact) mass is 468 g/mol. The number of ketones is 3. The topological polar surface area (TPSA) is 51.2 Å². The maximum Gasteiger partial charge on any atom is 0.229 e. The van der Waals surface area contributed by atoms with Gasteiger partial charge in [0, 0.05) is 28.9 Å². The first-order chi connectivity index (χ1) is 16.8. The highest BCUT2D eigenvalue weighted by Gasteiger charge is 2.36. The zero-order valence-corrected chi connectivity index (χ0v) is 21.2. The van der Waals surface area contributed by atoms with E-state index in [1.165, 1.54) is 11.1 Å². The van der Waals surface area contributed by atoms with Crippen molar-refractivity contribution in [3.63, 3.8) is 0 Å². The summed E-state index contributed by atoms with van der Waals surface area (Å²) in [6.45, 7) is 6.18. The van der Waals surface area contributed by atoms with Crippen LogP contribution in [0.5, 0.6) is 0 Å². The Kier molecular flexibility index (Phi) is 6.61. The van der Waals surface area contributed by atoms with Gasteiger partial charge in [-0.1, -0.05) is 55.3 Å². The lowest BCUT2D eigenvalue weighted by Crippen LogP contribution is -2.29. The first kappa shape index (κ1) is 23.9. The van der Waals surface area contributed by atoms with Crippen LogP contribution in [-0.2, 0) is 16.0 Å². The van der Waals surface area contributed by atoms with Gasteiger partial charge in [-0.2, -0.15) is 0 Å².